The Labute approximate surface area is 205 Å². The number of hydrogen-bond donors (Lipinski definition) is 3. The monoisotopic (exact) mass is 468 g/mol. The summed E-state index contributed by atoms with van der Waals surface area (Å²) in [5.41, 5.74) is 13.0. The van der Waals surface area contributed by atoms with E-state index in [1.807, 2.05) is 24.4 Å². The van der Waals surface area contributed by atoms with Crippen LogP contribution in [0.2, 0.25) is 0 Å². The van der Waals surface area contributed by atoms with Crippen LogP contribution >= 0.6 is 0 Å². The minimum Gasteiger partial charge on any atom is -0.397 e. The van der Waals surface area contributed by atoms with E-state index in [1.165, 1.54) is 0 Å². The summed E-state index contributed by atoms with van der Waals surface area (Å²) in [6, 6.07) is 16.4. The fourth-order valence-corrected chi connectivity index (χ4v) is 4.55. The van der Waals surface area contributed by atoms with Crippen molar-refractivity contribution in [2.75, 3.05) is 49.7 Å². The summed E-state index contributed by atoms with van der Waals surface area (Å²) in [5.74, 6) is 0.523. The highest BCUT2D eigenvalue weighted by molar-refractivity contribution is 6.02. The first-order chi connectivity index (χ1) is 16.9. The normalized spacial score (nSPS) is 11.6. The van der Waals surface area contributed by atoms with Crippen LogP contribution in [0.15, 0.2) is 60.9 Å². The predicted molar refractivity (Wildman–Crippen MR) is 146 cm³/mol. The van der Waals surface area contributed by atoms with Crippen LogP contribution in [0.25, 0.3) is 33.2 Å². The van der Waals surface area contributed by atoms with Crippen molar-refractivity contribution in [1.29, 1.82) is 0 Å². The molecular formula is C27H32N8. The van der Waals surface area contributed by atoms with E-state index in [9.17, 15) is 0 Å². The van der Waals surface area contributed by atoms with Gasteiger partial charge in [0.05, 0.1) is 17.1 Å². The van der Waals surface area contributed by atoms with Gasteiger partial charge in [-0.15, -0.1) is 0 Å². The number of likely N-dealkylation sites (N-methyl/N-ethyl adjacent to an activating group) is 2. The molecule has 5 rings (SSSR count). The minimum absolute atomic E-state index is 0.523. The number of nitrogens with zero attached hydrogens (tertiary/aromatic N) is 5. The Morgan fingerprint density at radius 3 is 2.63 bits per heavy atom. The molecule has 0 aliphatic rings. The van der Waals surface area contributed by atoms with Gasteiger partial charge in [-0.05, 0) is 51.4 Å². The van der Waals surface area contributed by atoms with E-state index in [2.05, 4.69) is 89.3 Å². The highest BCUT2D eigenvalue weighted by atomic mass is 15.2. The topological polar surface area (TPSA) is 91.0 Å². The van der Waals surface area contributed by atoms with Gasteiger partial charge in [-0.2, -0.15) is 4.98 Å². The zero-order valence-corrected chi connectivity index (χ0v) is 20.7. The highest BCUT2D eigenvalue weighted by Gasteiger charge is 2.16. The van der Waals surface area contributed by atoms with Gasteiger partial charge in [-0.25, -0.2) is 4.98 Å². The zero-order valence-electron chi connectivity index (χ0n) is 20.7. The number of nitrogens with one attached hydrogen (secondary N) is 2. The standard InChI is InChI=1S/C27H32N8/c1-5-35(15-14-33(2)3)24-11-10-18(16-22(24)28)30-27-31-25(20-12-13-29-26(20)32-27)21-17-34(4)23-9-7-6-8-19(21)23/h6-13,16-17H,5,14-15,28H2,1-4H3,(H2,29,30,31,32). The molecule has 0 fully saturated rings. The Balaban J connectivity index is 1.49. The van der Waals surface area contributed by atoms with Crippen molar-refractivity contribution in [3.8, 4) is 11.3 Å². The Kier molecular flexibility index (Phi) is 6.05. The summed E-state index contributed by atoms with van der Waals surface area (Å²) in [6.07, 6.45) is 4.03. The maximum Gasteiger partial charge on any atom is 0.229 e. The second kappa shape index (κ2) is 9.31. The first-order valence-electron chi connectivity index (χ1n) is 11.9. The number of fused-ring (bicyclic) bond motifs is 2. The van der Waals surface area contributed by atoms with Crippen molar-refractivity contribution >= 4 is 44.9 Å². The van der Waals surface area contributed by atoms with Crippen LogP contribution in [0.4, 0.5) is 23.0 Å². The predicted octanol–water partition coefficient (Wildman–Crippen LogP) is 4.83. The molecule has 8 nitrogen and oxygen atoms in total. The van der Waals surface area contributed by atoms with Crippen LogP contribution in [0.3, 0.4) is 0 Å². The third kappa shape index (κ3) is 4.40. The van der Waals surface area contributed by atoms with Gasteiger partial charge < -0.3 is 30.4 Å². The van der Waals surface area contributed by atoms with Gasteiger partial charge in [0.1, 0.15) is 5.65 Å². The molecule has 8 heteroatoms. The van der Waals surface area contributed by atoms with Crippen molar-refractivity contribution in [2.45, 2.75) is 6.92 Å². The van der Waals surface area contributed by atoms with E-state index in [0.29, 0.717) is 5.95 Å². The lowest BCUT2D eigenvalue weighted by Crippen LogP contribution is -2.32. The summed E-state index contributed by atoms with van der Waals surface area (Å²) < 4.78 is 2.13. The van der Waals surface area contributed by atoms with Crippen LogP contribution in [0, 0.1) is 0 Å². The van der Waals surface area contributed by atoms with E-state index >= 15 is 0 Å². The Hall–Kier alpha value is -4.04. The molecule has 0 bridgehead atoms. The maximum absolute atomic E-state index is 6.47. The Morgan fingerprint density at radius 1 is 1.03 bits per heavy atom. The van der Waals surface area contributed by atoms with E-state index in [1.54, 1.807) is 0 Å². The van der Waals surface area contributed by atoms with Crippen molar-refractivity contribution in [3.05, 3.63) is 60.9 Å². The molecule has 3 aromatic heterocycles. The lowest BCUT2D eigenvalue weighted by molar-refractivity contribution is 0.414. The van der Waals surface area contributed by atoms with Crippen LogP contribution in [0.1, 0.15) is 6.92 Å². The Morgan fingerprint density at radius 2 is 1.86 bits per heavy atom. The Bertz CT molecular complexity index is 1480. The third-order valence-corrected chi connectivity index (χ3v) is 6.39. The molecule has 5 aromatic rings. The van der Waals surface area contributed by atoms with Gasteiger partial charge in [-0.1, -0.05) is 18.2 Å². The second-order valence-corrected chi connectivity index (χ2v) is 9.09. The molecule has 0 amide bonds. The molecule has 0 aliphatic carbocycles. The van der Waals surface area contributed by atoms with Crippen molar-refractivity contribution in [3.63, 3.8) is 0 Å². The number of rotatable bonds is 8. The van der Waals surface area contributed by atoms with Crippen LogP contribution < -0.4 is 16.0 Å². The van der Waals surface area contributed by atoms with Gasteiger partial charge >= 0.3 is 0 Å². The average molecular weight is 469 g/mol. The number of hydrogen-bond acceptors (Lipinski definition) is 6. The number of nitrogens with two attached hydrogens (primary N) is 1. The smallest absolute Gasteiger partial charge is 0.229 e. The SMILES string of the molecule is CCN(CCN(C)C)c1ccc(Nc2nc(-c3cn(C)c4ccccc34)c3cc[nH]c3n2)cc1N. The van der Waals surface area contributed by atoms with Gasteiger partial charge in [-0.3, -0.25) is 0 Å². The molecule has 0 radical (unpaired) electrons. The van der Waals surface area contributed by atoms with Crippen molar-refractivity contribution < 1.29 is 0 Å². The fraction of sp³-hybridized carbons (Fsp3) is 0.259. The second-order valence-electron chi connectivity index (χ2n) is 9.09. The number of para-hydroxylation sites is 1. The van der Waals surface area contributed by atoms with Crippen LogP contribution in [0.5, 0.6) is 0 Å². The molecule has 0 spiro atoms. The maximum atomic E-state index is 6.47. The molecule has 180 valence electrons. The van der Waals surface area contributed by atoms with E-state index in [-0.39, 0.29) is 0 Å². The molecule has 2 aromatic carbocycles. The number of H-pyrrole nitrogens is 1. The van der Waals surface area contributed by atoms with Crippen molar-refractivity contribution in [2.24, 2.45) is 7.05 Å². The molecule has 0 saturated heterocycles. The van der Waals surface area contributed by atoms with E-state index in [4.69, 9.17) is 15.7 Å². The lowest BCUT2D eigenvalue weighted by atomic mass is 10.1. The number of aryl methyl sites for hydroxylation is 1. The third-order valence-electron chi connectivity index (χ3n) is 6.39. The molecular weight excluding hydrogens is 436 g/mol. The number of aromatic amines is 1. The first kappa shape index (κ1) is 22.7. The number of benzene rings is 2. The number of nitrogen functional groups attached to an aromatic ring is 1. The molecule has 0 unspecified atom stereocenters. The summed E-state index contributed by atoms with van der Waals surface area (Å²) in [4.78, 5) is 17.4. The molecule has 4 N–H and O–H groups in total. The highest BCUT2D eigenvalue weighted by Crippen LogP contribution is 2.34. The number of anilines is 4. The molecule has 0 saturated carbocycles. The average Bonchev–Trinajstić information content (AvgIpc) is 3.44. The number of aromatic nitrogens is 4. The molecule has 35 heavy (non-hydrogen) atoms. The van der Waals surface area contributed by atoms with Crippen molar-refractivity contribution in [1.82, 2.24) is 24.4 Å². The summed E-state index contributed by atoms with van der Waals surface area (Å²) >= 11 is 0. The zero-order chi connectivity index (χ0) is 24.5. The van der Waals surface area contributed by atoms with E-state index in [0.717, 1.165) is 69.9 Å². The summed E-state index contributed by atoms with van der Waals surface area (Å²) in [5, 5.41) is 5.52. The summed E-state index contributed by atoms with van der Waals surface area (Å²) in [7, 11) is 6.22. The van der Waals surface area contributed by atoms with E-state index < -0.39 is 0 Å². The van der Waals surface area contributed by atoms with Crippen LogP contribution in [-0.4, -0.2) is 58.1 Å². The quantitative estimate of drug-likeness (QED) is 0.283. The van der Waals surface area contributed by atoms with Gasteiger partial charge in [0, 0.05) is 66.6 Å². The first-order valence-corrected chi connectivity index (χ1v) is 11.9. The molecule has 0 aliphatic heterocycles. The fourth-order valence-electron chi connectivity index (χ4n) is 4.55. The molecule has 0 atom stereocenters. The summed E-state index contributed by atoms with van der Waals surface area (Å²) in [6.45, 7) is 4.93. The van der Waals surface area contributed by atoms with Gasteiger partial charge in [0.2, 0.25) is 5.95 Å². The van der Waals surface area contributed by atoms with Crippen LogP contribution in [-0.2, 0) is 7.05 Å². The minimum atomic E-state index is 0.523. The molecule has 3 heterocycles. The largest absolute Gasteiger partial charge is 0.397 e. The van der Waals surface area contributed by atoms with Gasteiger partial charge in [0.25, 0.3) is 0 Å². The lowest BCUT2D eigenvalue weighted by Gasteiger charge is -2.26. The van der Waals surface area contributed by atoms with Gasteiger partial charge in [0.15, 0.2) is 0 Å².